The molecule has 1 nitrogen and oxygen atoms in total. The zero-order chi connectivity index (χ0) is 13.9. The van der Waals surface area contributed by atoms with Crippen molar-refractivity contribution in [2.75, 3.05) is 0 Å². The number of rotatable bonds is 3. The highest BCUT2D eigenvalue weighted by Gasteiger charge is 2.07. The van der Waals surface area contributed by atoms with E-state index in [1.165, 1.54) is 22.0 Å². The normalized spacial score (nSPS) is 13.1. The number of hydrogen-bond acceptors (Lipinski definition) is 0. The number of allylic oxidation sites excluding steroid dienone is 1. The Balaban J connectivity index is 1.85. The van der Waals surface area contributed by atoms with E-state index in [2.05, 4.69) is 54.5 Å². The van der Waals surface area contributed by atoms with Crippen LogP contribution in [0.5, 0.6) is 0 Å². The quantitative estimate of drug-likeness (QED) is 0.639. The lowest BCUT2D eigenvalue weighted by Gasteiger charge is -2.04. The highest BCUT2D eigenvalue weighted by Crippen LogP contribution is 2.26. The molecule has 1 atom stereocenters. The van der Waals surface area contributed by atoms with Gasteiger partial charge in [-0.25, -0.2) is 0 Å². The van der Waals surface area contributed by atoms with Crippen LogP contribution in [-0.2, 0) is 0 Å². The van der Waals surface area contributed by atoms with Gasteiger partial charge in [-0.15, -0.1) is 0 Å². The molecule has 20 heavy (non-hydrogen) atoms. The van der Waals surface area contributed by atoms with Crippen molar-refractivity contribution in [3.63, 3.8) is 0 Å². The van der Waals surface area contributed by atoms with Crippen molar-refractivity contribution in [2.45, 2.75) is 12.8 Å². The first-order valence-corrected chi connectivity index (χ1v) is 7.11. The summed E-state index contributed by atoms with van der Waals surface area (Å²) < 4.78 is 0. The van der Waals surface area contributed by atoms with Gasteiger partial charge in [0, 0.05) is 28.0 Å². The van der Waals surface area contributed by atoms with Crippen molar-refractivity contribution in [1.82, 2.24) is 4.98 Å². The third-order valence-electron chi connectivity index (χ3n) is 3.56. The van der Waals surface area contributed by atoms with E-state index in [1.54, 1.807) is 0 Å². The molecule has 2 heteroatoms. The minimum atomic E-state index is 0.363. The van der Waals surface area contributed by atoms with E-state index < -0.39 is 0 Å². The standard InChI is InChI=1S/C18H16ClN/c1-13(6-7-14-8-10-15(19)11-9-14)17-12-20-18-5-3-2-4-16(17)18/h2-13,20H,1H3/b7-6+. The number of aromatic nitrogens is 1. The summed E-state index contributed by atoms with van der Waals surface area (Å²) in [6.45, 7) is 2.21. The zero-order valence-electron chi connectivity index (χ0n) is 11.3. The van der Waals surface area contributed by atoms with Gasteiger partial charge < -0.3 is 4.98 Å². The summed E-state index contributed by atoms with van der Waals surface area (Å²) in [4.78, 5) is 3.32. The lowest BCUT2D eigenvalue weighted by Crippen LogP contribution is -1.86. The Labute approximate surface area is 123 Å². The zero-order valence-corrected chi connectivity index (χ0v) is 12.1. The average Bonchev–Trinajstić information content (AvgIpc) is 2.90. The molecular weight excluding hydrogens is 266 g/mol. The van der Waals surface area contributed by atoms with Gasteiger partial charge in [-0.3, -0.25) is 0 Å². The first-order chi connectivity index (χ1) is 9.74. The predicted molar refractivity (Wildman–Crippen MR) is 87.2 cm³/mol. The second kappa shape index (κ2) is 5.56. The molecule has 0 aliphatic carbocycles. The Morgan fingerprint density at radius 3 is 2.60 bits per heavy atom. The lowest BCUT2D eigenvalue weighted by molar-refractivity contribution is 0.984. The van der Waals surface area contributed by atoms with E-state index in [4.69, 9.17) is 11.6 Å². The van der Waals surface area contributed by atoms with E-state index >= 15 is 0 Å². The van der Waals surface area contributed by atoms with Crippen molar-refractivity contribution in [2.24, 2.45) is 0 Å². The lowest BCUT2D eigenvalue weighted by atomic mass is 9.99. The van der Waals surface area contributed by atoms with Gasteiger partial charge >= 0.3 is 0 Å². The SMILES string of the molecule is CC(/C=C/c1ccc(Cl)cc1)c1c[nH]c2ccccc12. The number of benzene rings is 2. The van der Waals surface area contributed by atoms with Crippen LogP contribution in [0.1, 0.15) is 24.0 Å². The molecule has 0 saturated heterocycles. The molecule has 2 aromatic carbocycles. The van der Waals surface area contributed by atoms with E-state index in [9.17, 15) is 0 Å². The van der Waals surface area contributed by atoms with Crippen molar-refractivity contribution in [3.05, 3.63) is 77.0 Å². The van der Waals surface area contributed by atoms with Gasteiger partial charge in [-0.05, 0) is 29.3 Å². The number of H-pyrrole nitrogens is 1. The molecule has 0 spiro atoms. The topological polar surface area (TPSA) is 15.8 Å². The van der Waals surface area contributed by atoms with Crippen molar-refractivity contribution < 1.29 is 0 Å². The maximum Gasteiger partial charge on any atom is 0.0457 e. The predicted octanol–water partition coefficient (Wildman–Crippen LogP) is 5.64. The fourth-order valence-electron chi connectivity index (χ4n) is 2.40. The van der Waals surface area contributed by atoms with Crippen LogP contribution in [0, 0.1) is 0 Å². The van der Waals surface area contributed by atoms with Gasteiger partial charge in [0.15, 0.2) is 0 Å². The fourth-order valence-corrected chi connectivity index (χ4v) is 2.53. The highest BCUT2D eigenvalue weighted by atomic mass is 35.5. The van der Waals surface area contributed by atoms with Crippen molar-refractivity contribution in [1.29, 1.82) is 0 Å². The van der Waals surface area contributed by atoms with Crippen LogP contribution in [0.4, 0.5) is 0 Å². The fraction of sp³-hybridized carbons (Fsp3) is 0.111. The molecule has 1 N–H and O–H groups in total. The third kappa shape index (κ3) is 2.63. The van der Waals surface area contributed by atoms with Gasteiger partial charge in [0.25, 0.3) is 0 Å². The van der Waals surface area contributed by atoms with E-state index in [0.717, 1.165) is 5.02 Å². The first kappa shape index (κ1) is 13.0. The molecule has 1 unspecified atom stereocenters. The van der Waals surface area contributed by atoms with Gasteiger partial charge in [-0.1, -0.05) is 61.0 Å². The third-order valence-corrected chi connectivity index (χ3v) is 3.81. The van der Waals surface area contributed by atoms with Crippen LogP contribution >= 0.6 is 11.6 Å². The number of fused-ring (bicyclic) bond motifs is 1. The summed E-state index contributed by atoms with van der Waals surface area (Å²) in [7, 11) is 0. The maximum absolute atomic E-state index is 5.89. The summed E-state index contributed by atoms with van der Waals surface area (Å²) >= 11 is 5.89. The van der Waals surface area contributed by atoms with E-state index in [1.807, 2.05) is 24.3 Å². The number of hydrogen-bond donors (Lipinski definition) is 1. The summed E-state index contributed by atoms with van der Waals surface area (Å²) in [5.74, 6) is 0.363. The monoisotopic (exact) mass is 281 g/mol. The molecule has 0 amide bonds. The Morgan fingerprint density at radius 1 is 1.05 bits per heavy atom. The second-order valence-electron chi connectivity index (χ2n) is 4.99. The molecule has 0 saturated carbocycles. The Morgan fingerprint density at radius 2 is 1.80 bits per heavy atom. The van der Waals surface area contributed by atoms with Crippen molar-refractivity contribution in [3.8, 4) is 0 Å². The maximum atomic E-state index is 5.89. The molecule has 0 radical (unpaired) electrons. The van der Waals surface area contributed by atoms with Crippen LogP contribution in [0.2, 0.25) is 5.02 Å². The van der Waals surface area contributed by atoms with Gasteiger partial charge in [-0.2, -0.15) is 0 Å². The number of para-hydroxylation sites is 1. The second-order valence-corrected chi connectivity index (χ2v) is 5.43. The van der Waals surface area contributed by atoms with Crippen LogP contribution < -0.4 is 0 Å². The van der Waals surface area contributed by atoms with Crippen LogP contribution in [0.25, 0.3) is 17.0 Å². The Hall–Kier alpha value is -1.99. The van der Waals surface area contributed by atoms with Crippen LogP contribution in [-0.4, -0.2) is 4.98 Å². The summed E-state index contributed by atoms with van der Waals surface area (Å²) in [6, 6.07) is 16.3. The molecule has 0 aliphatic rings. The van der Waals surface area contributed by atoms with Crippen molar-refractivity contribution >= 4 is 28.6 Å². The number of nitrogens with one attached hydrogen (secondary N) is 1. The minimum Gasteiger partial charge on any atom is -0.361 e. The van der Waals surface area contributed by atoms with Crippen LogP contribution in [0.15, 0.2) is 60.8 Å². The Bertz CT molecular complexity index is 737. The number of halogens is 1. The van der Waals surface area contributed by atoms with Gasteiger partial charge in [0.05, 0.1) is 0 Å². The molecule has 0 bridgehead atoms. The van der Waals surface area contributed by atoms with E-state index in [0.29, 0.717) is 5.92 Å². The van der Waals surface area contributed by atoms with Crippen LogP contribution in [0.3, 0.4) is 0 Å². The molecule has 100 valence electrons. The summed E-state index contributed by atoms with van der Waals surface area (Å²) in [6.07, 6.45) is 6.46. The number of aromatic amines is 1. The Kier molecular flexibility index (Phi) is 3.62. The van der Waals surface area contributed by atoms with Gasteiger partial charge in [0.2, 0.25) is 0 Å². The average molecular weight is 282 g/mol. The first-order valence-electron chi connectivity index (χ1n) is 6.74. The smallest absolute Gasteiger partial charge is 0.0457 e. The largest absolute Gasteiger partial charge is 0.361 e. The summed E-state index contributed by atoms with van der Waals surface area (Å²) in [5.41, 5.74) is 3.68. The minimum absolute atomic E-state index is 0.363. The summed E-state index contributed by atoms with van der Waals surface area (Å²) in [5, 5.41) is 2.06. The van der Waals surface area contributed by atoms with Gasteiger partial charge in [0.1, 0.15) is 0 Å². The molecule has 0 aliphatic heterocycles. The molecule has 1 aromatic heterocycles. The van der Waals surface area contributed by atoms with E-state index in [-0.39, 0.29) is 0 Å². The molecule has 0 fully saturated rings. The highest BCUT2D eigenvalue weighted by molar-refractivity contribution is 6.30. The molecule has 1 heterocycles. The molecule has 3 rings (SSSR count). The molecular formula is C18H16ClN. The molecule has 3 aromatic rings.